The molecule has 0 aliphatic carbocycles. The zero-order valence-electron chi connectivity index (χ0n) is 24.7. The Morgan fingerprint density at radius 3 is 1.89 bits per heavy atom. The van der Waals surface area contributed by atoms with Gasteiger partial charge in [0.15, 0.2) is 5.82 Å². The van der Waals surface area contributed by atoms with Gasteiger partial charge in [0.05, 0.1) is 21.4 Å². The Labute approximate surface area is 268 Å². The third-order valence-corrected chi connectivity index (χ3v) is 10.3. The first kappa shape index (κ1) is 25.5. The zero-order chi connectivity index (χ0) is 30.2. The van der Waals surface area contributed by atoms with Crippen molar-refractivity contribution >= 4 is 74.9 Å². The standard InChI is InChI=1S/C42H25N3S/c1-3-14-27(15-4-1)33-25-36(44-42(43-33)28-16-5-2-6-17-28)45-34-22-12-11-21-32(34)37-30-19-9-10-20-31(30)39-38-29-18-8-7-13-26(29)23-24-35(38)46-41(39)40(37)45/h1-25H. The lowest BCUT2D eigenvalue weighted by Gasteiger charge is -2.13. The molecule has 0 unspecified atom stereocenters. The van der Waals surface area contributed by atoms with Gasteiger partial charge in [-0.2, -0.15) is 0 Å². The molecule has 0 bridgehead atoms. The van der Waals surface area contributed by atoms with E-state index in [1.165, 1.54) is 58.0 Å². The van der Waals surface area contributed by atoms with Gasteiger partial charge < -0.3 is 0 Å². The van der Waals surface area contributed by atoms with Crippen molar-refractivity contribution in [2.75, 3.05) is 0 Å². The van der Waals surface area contributed by atoms with Gasteiger partial charge in [0, 0.05) is 43.4 Å². The van der Waals surface area contributed by atoms with Gasteiger partial charge in [-0.05, 0) is 33.7 Å². The summed E-state index contributed by atoms with van der Waals surface area (Å²) in [5, 5.41) is 10.2. The number of para-hydroxylation sites is 1. The number of aromatic nitrogens is 3. The van der Waals surface area contributed by atoms with Crippen LogP contribution in [0.15, 0.2) is 152 Å². The van der Waals surface area contributed by atoms with Crippen molar-refractivity contribution in [2.24, 2.45) is 0 Å². The van der Waals surface area contributed by atoms with E-state index in [2.05, 4.69) is 132 Å². The lowest BCUT2D eigenvalue weighted by molar-refractivity contribution is 1.05. The Morgan fingerprint density at radius 2 is 1.11 bits per heavy atom. The van der Waals surface area contributed by atoms with Crippen LogP contribution < -0.4 is 0 Å². The van der Waals surface area contributed by atoms with Crippen LogP contribution in [0.2, 0.25) is 0 Å². The number of thiophene rings is 1. The Morgan fingerprint density at radius 1 is 0.478 bits per heavy atom. The van der Waals surface area contributed by atoms with Gasteiger partial charge in [-0.1, -0.05) is 133 Å². The van der Waals surface area contributed by atoms with Crippen molar-refractivity contribution in [1.29, 1.82) is 0 Å². The molecular weight excluding hydrogens is 579 g/mol. The Kier molecular flexibility index (Phi) is 5.45. The van der Waals surface area contributed by atoms with Crippen LogP contribution >= 0.6 is 11.3 Å². The molecule has 0 saturated carbocycles. The van der Waals surface area contributed by atoms with E-state index in [0.717, 1.165) is 28.2 Å². The van der Waals surface area contributed by atoms with Crippen molar-refractivity contribution < 1.29 is 0 Å². The number of hydrogen-bond donors (Lipinski definition) is 0. The molecule has 214 valence electrons. The molecule has 10 rings (SSSR count). The summed E-state index contributed by atoms with van der Waals surface area (Å²) in [4.78, 5) is 10.4. The third-order valence-electron chi connectivity index (χ3n) is 9.18. The van der Waals surface area contributed by atoms with Crippen molar-refractivity contribution in [2.45, 2.75) is 0 Å². The highest BCUT2D eigenvalue weighted by Crippen LogP contribution is 2.49. The van der Waals surface area contributed by atoms with E-state index >= 15 is 0 Å². The molecule has 0 fully saturated rings. The van der Waals surface area contributed by atoms with E-state index in [1.807, 2.05) is 35.6 Å². The molecule has 0 atom stereocenters. The van der Waals surface area contributed by atoms with Crippen molar-refractivity contribution in [1.82, 2.24) is 14.5 Å². The largest absolute Gasteiger partial charge is 0.292 e. The molecule has 0 saturated heterocycles. The van der Waals surface area contributed by atoms with Gasteiger partial charge in [-0.25, -0.2) is 9.97 Å². The minimum absolute atomic E-state index is 0.710. The summed E-state index contributed by atoms with van der Waals surface area (Å²) in [6.07, 6.45) is 0. The first-order chi connectivity index (χ1) is 22.8. The van der Waals surface area contributed by atoms with Gasteiger partial charge >= 0.3 is 0 Å². The first-order valence-electron chi connectivity index (χ1n) is 15.5. The molecule has 4 heteroatoms. The minimum atomic E-state index is 0.710. The van der Waals surface area contributed by atoms with Gasteiger partial charge in [0.2, 0.25) is 0 Å². The SMILES string of the molecule is c1ccc(-c2cc(-n3c4ccccc4c4c5ccccc5c5c(sc6ccc7ccccc7c65)c43)nc(-c3ccccc3)n2)cc1. The number of benzene rings is 7. The highest BCUT2D eigenvalue weighted by molar-refractivity contribution is 7.27. The van der Waals surface area contributed by atoms with Gasteiger partial charge in [-0.3, -0.25) is 4.57 Å². The summed E-state index contributed by atoms with van der Waals surface area (Å²) in [6, 6.07) is 53.9. The fraction of sp³-hybridized carbons (Fsp3) is 0. The predicted molar refractivity (Wildman–Crippen MR) is 195 cm³/mol. The highest BCUT2D eigenvalue weighted by Gasteiger charge is 2.23. The summed E-state index contributed by atoms with van der Waals surface area (Å²) < 4.78 is 4.95. The second kappa shape index (κ2) is 9.83. The minimum Gasteiger partial charge on any atom is -0.292 e. The van der Waals surface area contributed by atoms with Gasteiger partial charge in [0.25, 0.3) is 0 Å². The van der Waals surface area contributed by atoms with Crippen LogP contribution in [-0.2, 0) is 0 Å². The summed E-state index contributed by atoms with van der Waals surface area (Å²) in [7, 11) is 0. The van der Waals surface area contributed by atoms with Crippen molar-refractivity contribution in [3.63, 3.8) is 0 Å². The average Bonchev–Trinajstić information content (AvgIpc) is 3.70. The van der Waals surface area contributed by atoms with E-state index < -0.39 is 0 Å². The van der Waals surface area contributed by atoms with Crippen LogP contribution in [0.25, 0.3) is 92.0 Å². The van der Waals surface area contributed by atoms with E-state index in [0.29, 0.717) is 5.82 Å². The lowest BCUT2D eigenvalue weighted by atomic mass is 9.97. The maximum absolute atomic E-state index is 5.32. The normalized spacial score (nSPS) is 11.9. The third kappa shape index (κ3) is 3.65. The van der Waals surface area contributed by atoms with E-state index in [-0.39, 0.29) is 0 Å². The smallest absolute Gasteiger partial charge is 0.162 e. The Hall–Kier alpha value is -5.84. The van der Waals surface area contributed by atoms with Crippen LogP contribution in [0, 0.1) is 0 Å². The fourth-order valence-corrected chi connectivity index (χ4v) is 8.47. The molecular formula is C42H25N3S. The first-order valence-corrected chi connectivity index (χ1v) is 16.3. The summed E-state index contributed by atoms with van der Waals surface area (Å²) in [5.74, 6) is 1.57. The number of rotatable bonds is 3. The molecule has 0 radical (unpaired) electrons. The molecule has 0 spiro atoms. The van der Waals surface area contributed by atoms with E-state index in [9.17, 15) is 0 Å². The molecule has 3 heterocycles. The molecule has 0 aliphatic heterocycles. The molecule has 7 aromatic carbocycles. The maximum atomic E-state index is 5.32. The molecule has 0 aliphatic rings. The van der Waals surface area contributed by atoms with Crippen LogP contribution in [0.5, 0.6) is 0 Å². The van der Waals surface area contributed by atoms with Crippen LogP contribution in [0.1, 0.15) is 0 Å². The highest BCUT2D eigenvalue weighted by atomic mass is 32.1. The van der Waals surface area contributed by atoms with Crippen LogP contribution in [-0.4, -0.2) is 14.5 Å². The van der Waals surface area contributed by atoms with Crippen molar-refractivity contribution in [3.05, 3.63) is 152 Å². The Balaban J connectivity index is 1.43. The van der Waals surface area contributed by atoms with Crippen LogP contribution in [0.4, 0.5) is 0 Å². The maximum Gasteiger partial charge on any atom is 0.162 e. The number of nitrogens with zero attached hydrogens (tertiary/aromatic N) is 3. The molecule has 0 amide bonds. The van der Waals surface area contributed by atoms with Gasteiger partial charge in [-0.15, -0.1) is 11.3 Å². The summed E-state index contributed by atoms with van der Waals surface area (Å²) >= 11 is 1.88. The average molecular weight is 604 g/mol. The monoisotopic (exact) mass is 603 g/mol. The fourth-order valence-electron chi connectivity index (χ4n) is 7.20. The molecule has 46 heavy (non-hydrogen) atoms. The van der Waals surface area contributed by atoms with E-state index in [1.54, 1.807) is 0 Å². The molecule has 3 aromatic heterocycles. The predicted octanol–water partition coefficient (Wildman–Crippen LogP) is 11.6. The zero-order valence-corrected chi connectivity index (χ0v) is 25.5. The van der Waals surface area contributed by atoms with E-state index in [4.69, 9.17) is 9.97 Å². The molecule has 3 nitrogen and oxygen atoms in total. The second-order valence-electron chi connectivity index (χ2n) is 11.8. The Bertz CT molecular complexity index is 2740. The van der Waals surface area contributed by atoms with Crippen LogP contribution in [0.3, 0.4) is 0 Å². The number of hydrogen-bond acceptors (Lipinski definition) is 3. The quantitative estimate of drug-likeness (QED) is 0.201. The summed E-state index contributed by atoms with van der Waals surface area (Å²) in [5.41, 5.74) is 5.28. The number of fused-ring (bicyclic) bond motifs is 12. The molecule has 0 N–H and O–H groups in total. The summed E-state index contributed by atoms with van der Waals surface area (Å²) in [6.45, 7) is 0. The molecule has 10 aromatic rings. The second-order valence-corrected chi connectivity index (χ2v) is 12.8. The lowest BCUT2D eigenvalue weighted by Crippen LogP contribution is -2.02. The topological polar surface area (TPSA) is 30.7 Å². The van der Waals surface area contributed by atoms with Crippen molar-refractivity contribution in [3.8, 4) is 28.5 Å². The van der Waals surface area contributed by atoms with Gasteiger partial charge in [0.1, 0.15) is 5.82 Å².